The third-order valence-electron chi connectivity index (χ3n) is 2.29. The Labute approximate surface area is 116 Å². The summed E-state index contributed by atoms with van der Waals surface area (Å²) < 4.78 is 19.3. The SMILES string of the molecule is O=C(O)c1cc(NCc2ccc(I)o2)ccc1F. The summed E-state index contributed by atoms with van der Waals surface area (Å²) in [5.74, 6) is -1.31. The molecule has 6 heteroatoms. The maximum absolute atomic E-state index is 13.2. The molecule has 0 aliphatic heterocycles. The van der Waals surface area contributed by atoms with Crippen molar-refractivity contribution in [2.75, 3.05) is 5.32 Å². The number of halogens is 2. The first-order valence-electron chi connectivity index (χ1n) is 5.07. The summed E-state index contributed by atoms with van der Waals surface area (Å²) >= 11 is 2.05. The van der Waals surface area contributed by atoms with E-state index in [1.54, 1.807) is 0 Å². The van der Waals surface area contributed by atoms with E-state index in [1.165, 1.54) is 12.1 Å². The monoisotopic (exact) mass is 361 g/mol. The summed E-state index contributed by atoms with van der Waals surface area (Å²) in [7, 11) is 0. The highest BCUT2D eigenvalue weighted by molar-refractivity contribution is 14.1. The number of carbonyl (C=O) groups is 1. The molecular formula is C12H9FINO3. The zero-order chi connectivity index (χ0) is 13.1. The number of nitrogens with one attached hydrogen (secondary N) is 1. The molecule has 0 spiro atoms. The fourth-order valence-corrected chi connectivity index (χ4v) is 1.90. The Balaban J connectivity index is 2.10. The van der Waals surface area contributed by atoms with Crippen LogP contribution in [0.4, 0.5) is 10.1 Å². The maximum Gasteiger partial charge on any atom is 0.338 e. The summed E-state index contributed by atoms with van der Waals surface area (Å²) in [4.78, 5) is 10.8. The Morgan fingerprint density at radius 2 is 2.17 bits per heavy atom. The molecule has 0 amide bonds. The number of aromatic carboxylic acids is 1. The van der Waals surface area contributed by atoms with Gasteiger partial charge in [-0.05, 0) is 52.9 Å². The highest BCUT2D eigenvalue weighted by atomic mass is 127. The summed E-state index contributed by atoms with van der Waals surface area (Å²) in [6.07, 6.45) is 0. The number of anilines is 1. The first-order chi connectivity index (χ1) is 8.56. The van der Waals surface area contributed by atoms with Gasteiger partial charge in [0.2, 0.25) is 0 Å². The van der Waals surface area contributed by atoms with Gasteiger partial charge in [0.15, 0.2) is 3.77 Å². The van der Waals surface area contributed by atoms with Gasteiger partial charge in [0.1, 0.15) is 11.6 Å². The lowest BCUT2D eigenvalue weighted by atomic mass is 10.2. The summed E-state index contributed by atoms with van der Waals surface area (Å²) in [6, 6.07) is 7.50. The van der Waals surface area contributed by atoms with Crippen LogP contribution in [0.15, 0.2) is 34.7 Å². The third kappa shape index (κ3) is 3.00. The molecule has 0 saturated carbocycles. The molecule has 1 aromatic carbocycles. The maximum atomic E-state index is 13.2. The topological polar surface area (TPSA) is 62.5 Å². The van der Waals surface area contributed by atoms with Crippen LogP contribution in [0, 0.1) is 9.58 Å². The predicted octanol–water partition coefficient (Wildman–Crippen LogP) is 3.33. The molecule has 0 aliphatic carbocycles. The molecule has 18 heavy (non-hydrogen) atoms. The number of hydrogen-bond acceptors (Lipinski definition) is 3. The van der Waals surface area contributed by atoms with E-state index in [1.807, 2.05) is 12.1 Å². The van der Waals surface area contributed by atoms with Crippen LogP contribution in [-0.4, -0.2) is 11.1 Å². The Morgan fingerprint density at radius 3 is 2.78 bits per heavy atom. The first-order valence-corrected chi connectivity index (χ1v) is 6.15. The summed E-state index contributed by atoms with van der Waals surface area (Å²) in [5.41, 5.74) is 0.175. The smallest absolute Gasteiger partial charge is 0.338 e. The lowest BCUT2D eigenvalue weighted by molar-refractivity contribution is 0.0692. The number of carboxylic acid groups (broad SMARTS) is 1. The summed E-state index contributed by atoms with van der Waals surface area (Å²) in [5, 5.41) is 11.8. The molecule has 0 bridgehead atoms. The van der Waals surface area contributed by atoms with Crippen LogP contribution in [-0.2, 0) is 6.54 Å². The molecule has 0 radical (unpaired) electrons. The number of carboxylic acids is 1. The molecule has 0 fully saturated rings. The highest BCUT2D eigenvalue weighted by Gasteiger charge is 2.10. The van der Waals surface area contributed by atoms with E-state index < -0.39 is 11.8 Å². The van der Waals surface area contributed by atoms with Crippen molar-refractivity contribution in [1.82, 2.24) is 0 Å². The van der Waals surface area contributed by atoms with Crippen LogP contribution >= 0.6 is 22.6 Å². The number of hydrogen-bond donors (Lipinski definition) is 2. The molecule has 2 rings (SSSR count). The van der Waals surface area contributed by atoms with E-state index in [4.69, 9.17) is 9.52 Å². The average Bonchev–Trinajstić information content (AvgIpc) is 2.74. The minimum absolute atomic E-state index is 0.353. The van der Waals surface area contributed by atoms with E-state index in [0.717, 1.165) is 15.6 Å². The van der Waals surface area contributed by atoms with Crippen molar-refractivity contribution >= 4 is 34.2 Å². The van der Waals surface area contributed by atoms with E-state index in [2.05, 4.69) is 27.9 Å². The molecule has 4 nitrogen and oxygen atoms in total. The standard InChI is InChI=1S/C12H9FINO3/c13-10-3-1-7(5-9(10)12(16)17)15-6-8-2-4-11(14)18-8/h1-5,15H,6H2,(H,16,17). The molecule has 94 valence electrons. The highest BCUT2D eigenvalue weighted by Crippen LogP contribution is 2.17. The van der Waals surface area contributed by atoms with Crippen molar-refractivity contribution in [2.45, 2.75) is 6.54 Å². The fraction of sp³-hybridized carbons (Fsp3) is 0.0833. The van der Waals surface area contributed by atoms with Gasteiger partial charge in [-0.1, -0.05) is 0 Å². The Bertz CT molecular complexity index is 582. The van der Waals surface area contributed by atoms with Crippen molar-refractivity contribution in [2.24, 2.45) is 0 Å². The molecule has 0 atom stereocenters. The van der Waals surface area contributed by atoms with Gasteiger partial charge in [0.05, 0.1) is 12.1 Å². The van der Waals surface area contributed by atoms with Crippen LogP contribution in [0.25, 0.3) is 0 Å². The van der Waals surface area contributed by atoms with Gasteiger partial charge in [-0.3, -0.25) is 0 Å². The van der Waals surface area contributed by atoms with E-state index in [9.17, 15) is 9.18 Å². The Morgan fingerprint density at radius 1 is 1.39 bits per heavy atom. The average molecular weight is 361 g/mol. The Kier molecular flexibility index (Phi) is 3.85. The molecule has 0 unspecified atom stereocenters. The van der Waals surface area contributed by atoms with Crippen LogP contribution in [0.2, 0.25) is 0 Å². The second kappa shape index (κ2) is 5.38. The lowest BCUT2D eigenvalue weighted by Gasteiger charge is -2.06. The lowest BCUT2D eigenvalue weighted by Crippen LogP contribution is -2.04. The van der Waals surface area contributed by atoms with Gasteiger partial charge in [-0.15, -0.1) is 0 Å². The first kappa shape index (κ1) is 12.9. The number of benzene rings is 1. The van der Waals surface area contributed by atoms with Crippen LogP contribution in [0.3, 0.4) is 0 Å². The minimum atomic E-state index is -1.29. The predicted molar refractivity (Wildman–Crippen MR) is 72.1 cm³/mol. The van der Waals surface area contributed by atoms with Gasteiger partial charge in [0.25, 0.3) is 0 Å². The van der Waals surface area contributed by atoms with Crippen molar-refractivity contribution in [3.63, 3.8) is 0 Å². The minimum Gasteiger partial charge on any atom is -0.478 e. The molecule has 1 heterocycles. The molecule has 0 aliphatic rings. The zero-order valence-electron chi connectivity index (χ0n) is 9.11. The second-order valence-electron chi connectivity index (χ2n) is 3.56. The largest absolute Gasteiger partial charge is 0.478 e. The summed E-state index contributed by atoms with van der Waals surface area (Å²) in [6.45, 7) is 0.410. The number of rotatable bonds is 4. The van der Waals surface area contributed by atoms with Gasteiger partial charge in [-0.25, -0.2) is 9.18 Å². The van der Waals surface area contributed by atoms with Crippen molar-refractivity contribution in [3.8, 4) is 0 Å². The van der Waals surface area contributed by atoms with Gasteiger partial charge >= 0.3 is 5.97 Å². The molecule has 2 N–H and O–H groups in total. The quantitative estimate of drug-likeness (QED) is 0.821. The van der Waals surface area contributed by atoms with Crippen LogP contribution in [0.1, 0.15) is 16.1 Å². The third-order valence-corrected chi connectivity index (χ3v) is 2.87. The number of furan rings is 1. The Hall–Kier alpha value is -1.57. The van der Waals surface area contributed by atoms with E-state index in [0.29, 0.717) is 12.2 Å². The van der Waals surface area contributed by atoms with Crippen molar-refractivity contribution < 1.29 is 18.7 Å². The van der Waals surface area contributed by atoms with Gasteiger partial charge in [0, 0.05) is 5.69 Å². The van der Waals surface area contributed by atoms with Crippen LogP contribution < -0.4 is 5.32 Å². The van der Waals surface area contributed by atoms with Crippen molar-refractivity contribution in [3.05, 3.63) is 51.2 Å². The molecular weight excluding hydrogens is 352 g/mol. The van der Waals surface area contributed by atoms with Crippen molar-refractivity contribution in [1.29, 1.82) is 0 Å². The fourth-order valence-electron chi connectivity index (χ4n) is 1.44. The molecule has 1 aromatic heterocycles. The van der Waals surface area contributed by atoms with Gasteiger partial charge in [-0.2, -0.15) is 0 Å². The molecule has 0 saturated heterocycles. The van der Waals surface area contributed by atoms with E-state index in [-0.39, 0.29) is 5.56 Å². The zero-order valence-corrected chi connectivity index (χ0v) is 11.3. The van der Waals surface area contributed by atoms with E-state index >= 15 is 0 Å². The normalized spacial score (nSPS) is 10.3. The van der Waals surface area contributed by atoms with Crippen LogP contribution in [0.5, 0.6) is 0 Å². The van der Waals surface area contributed by atoms with Gasteiger partial charge < -0.3 is 14.8 Å². The second-order valence-corrected chi connectivity index (χ2v) is 4.62. The molecule has 2 aromatic rings.